The van der Waals surface area contributed by atoms with Crippen LogP contribution in [0.2, 0.25) is 0 Å². The molecule has 0 bridgehead atoms. The van der Waals surface area contributed by atoms with E-state index in [1.807, 2.05) is 32.0 Å². The molecule has 3 aromatic rings. The minimum atomic E-state index is 1.01. The van der Waals surface area contributed by atoms with E-state index in [9.17, 15) is 0 Å². The Labute approximate surface area is 104 Å². The minimum Gasteiger partial charge on any atom is -0.253 e. The average Bonchev–Trinajstić information content (AvgIpc) is 2.68. The van der Waals surface area contributed by atoms with Gasteiger partial charge in [-0.3, -0.25) is 4.98 Å². The molecule has 0 aliphatic carbocycles. The molecule has 2 aromatic heterocycles. The Morgan fingerprint density at radius 2 is 1.88 bits per heavy atom. The molecule has 84 valence electrons. The molecule has 0 saturated heterocycles. The first kappa shape index (κ1) is 10.4. The van der Waals surface area contributed by atoms with Gasteiger partial charge in [-0.2, -0.15) is 0 Å². The summed E-state index contributed by atoms with van der Waals surface area (Å²) >= 11 is 1.73. The standard InChI is InChI=1S/C14H12N2S/c1-9-4-3-5-12(15-9)11-6-7-14-13(8-11)16-10(2)17-14/h3-8H,1-2H3. The molecule has 3 heteroatoms. The predicted octanol–water partition coefficient (Wildman–Crippen LogP) is 3.98. The van der Waals surface area contributed by atoms with Crippen molar-refractivity contribution in [1.82, 2.24) is 9.97 Å². The first-order valence-electron chi connectivity index (χ1n) is 5.53. The van der Waals surface area contributed by atoms with E-state index in [0.29, 0.717) is 0 Å². The fourth-order valence-corrected chi connectivity index (χ4v) is 2.71. The fourth-order valence-electron chi connectivity index (χ4n) is 1.91. The van der Waals surface area contributed by atoms with E-state index in [-0.39, 0.29) is 0 Å². The number of benzene rings is 1. The second-order valence-electron chi connectivity index (χ2n) is 4.08. The van der Waals surface area contributed by atoms with Crippen LogP contribution in [0.5, 0.6) is 0 Å². The van der Waals surface area contributed by atoms with Gasteiger partial charge in [0.1, 0.15) is 0 Å². The van der Waals surface area contributed by atoms with E-state index in [2.05, 4.69) is 28.2 Å². The highest BCUT2D eigenvalue weighted by Crippen LogP contribution is 2.26. The Bertz CT molecular complexity index is 686. The van der Waals surface area contributed by atoms with Gasteiger partial charge in [-0.1, -0.05) is 12.1 Å². The molecule has 3 rings (SSSR count). The summed E-state index contributed by atoms with van der Waals surface area (Å²) in [4.78, 5) is 9.05. The lowest BCUT2D eigenvalue weighted by Crippen LogP contribution is -1.85. The molecular weight excluding hydrogens is 228 g/mol. The fraction of sp³-hybridized carbons (Fsp3) is 0.143. The molecule has 0 radical (unpaired) electrons. The SMILES string of the molecule is Cc1cccc(-c2ccc3sc(C)nc3c2)n1. The van der Waals surface area contributed by atoms with Crippen molar-refractivity contribution in [3.05, 3.63) is 47.1 Å². The predicted molar refractivity (Wildman–Crippen MR) is 72.3 cm³/mol. The zero-order chi connectivity index (χ0) is 11.8. The van der Waals surface area contributed by atoms with Crippen molar-refractivity contribution in [1.29, 1.82) is 0 Å². The van der Waals surface area contributed by atoms with Crippen molar-refractivity contribution >= 4 is 21.6 Å². The van der Waals surface area contributed by atoms with Crippen LogP contribution in [0.4, 0.5) is 0 Å². The molecule has 1 aromatic carbocycles. The Morgan fingerprint density at radius 3 is 2.71 bits per heavy atom. The Kier molecular flexibility index (Phi) is 2.41. The number of thiazole rings is 1. The highest BCUT2D eigenvalue weighted by molar-refractivity contribution is 7.18. The first-order chi connectivity index (χ1) is 8.22. The Hall–Kier alpha value is -1.74. The maximum absolute atomic E-state index is 4.53. The third-order valence-electron chi connectivity index (χ3n) is 2.68. The molecule has 0 spiro atoms. The molecule has 17 heavy (non-hydrogen) atoms. The summed E-state index contributed by atoms with van der Waals surface area (Å²) in [5.74, 6) is 0. The van der Waals surface area contributed by atoms with Crippen LogP contribution < -0.4 is 0 Å². The van der Waals surface area contributed by atoms with Gasteiger partial charge in [0.05, 0.1) is 20.9 Å². The lowest BCUT2D eigenvalue weighted by molar-refractivity contribution is 1.21. The summed E-state index contributed by atoms with van der Waals surface area (Å²) in [5.41, 5.74) is 4.24. The summed E-state index contributed by atoms with van der Waals surface area (Å²) in [6.07, 6.45) is 0. The zero-order valence-corrected chi connectivity index (χ0v) is 10.6. The summed E-state index contributed by atoms with van der Waals surface area (Å²) in [5, 5.41) is 1.11. The number of hydrogen-bond acceptors (Lipinski definition) is 3. The van der Waals surface area contributed by atoms with E-state index in [4.69, 9.17) is 0 Å². The molecule has 0 fully saturated rings. The maximum atomic E-state index is 4.53. The number of aryl methyl sites for hydroxylation is 2. The van der Waals surface area contributed by atoms with Gasteiger partial charge in [0, 0.05) is 11.3 Å². The molecule has 0 atom stereocenters. The summed E-state index contributed by atoms with van der Waals surface area (Å²) in [6, 6.07) is 12.4. The van der Waals surface area contributed by atoms with Crippen LogP contribution in [-0.4, -0.2) is 9.97 Å². The monoisotopic (exact) mass is 240 g/mol. The van der Waals surface area contributed by atoms with Crippen LogP contribution in [0, 0.1) is 13.8 Å². The first-order valence-corrected chi connectivity index (χ1v) is 6.35. The number of nitrogens with zero attached hydrogens (tertiary/aromatic N) is 2. The van der Waals surface area contributed by atoms with Crippen LogP contribution in [-0.2, 0) is 0 Å². The van der Waals surface area contributed by atoms with Gasteiger partial charge < -0.3 is 0 Å². The van der Waals surface area contributed by atoms with Crippen molar-refractivity contribution in [2.45, 2.75) is 13.8 Å². The highest BCUT2D eigenvalue weighted by Gasteiger charge is 2.04. The molecule has 2 nitrogen and oxygen atoms in total. The van der Waals surface area contributed by atoms with Crippen molar-refractivity contribution in [3.8, 4) is 11.3 Å². The van der Waals surface area contributed by atoms with Gasteiger partial charge in [0.15, 0.2) is 0 Å². The van der Waals surface area contributed by atoms with E-state index in [1.165, 1.54) is 4.70 Å². The van der Waals surface area contributed by atoms with Crippen LogP contribution in [0.25, 0.3) is 21.5 Å². The van der Waals surface area contributed by atoms with Gasteiger partial charge in [-0.05, 0) is 38.1 Å². The number of fused-ring (bicyclic) bond motifs is 1. The zero-order valence-electron chi connectivity index (χ0n) is 9.77. The lowest BCUT2D eigenvalue weighted by Gasteiger charge is -2.01. The Balaban J connectivity index is 2.17. The van der Waals surface area contributed by atoms with Crippen molar-refractivity contribution in [2.24, 2.45) is 0 Å². The van der Waals surface area contributed by atoms with E-state index < -0.39 is 0 Å². The summed E-state index contributed by atoms with van der Waals surface area (Å²) in [7, 11) is 0. The van der Waals surface area contributed by atoms with Gasteiger partial charge in [-0.25, -0.2) is 4.98 Å². The molecule has 0 aliphatic rings. The van der Waals surface area contributed by atoms with Crippen LogP contribution in [0.1, 0.15) is 10.7 Å². The van der Waals surface area contributed by atoms with Crippen molar-refractivity contribution in [2.75, 3.05) is 0 Å². The van der Waals surface area contributed by atoms with Gasteiger partial charge in [0.2, 0.25) is 0 Å². The highest BCUT2D eigenvalue weighted by atomic mass is 32.1. The second-order valence-corrected chi connectivity index (χ2v) is 5.31. The topological polar surface area (TPSA) is 25.8 Å². The normalized spacial score (nSPS) is 10.9. The van der Waals surface area contributed by atoms with Crippen LogP contribution >= 0.6 is 11.3 Å². The van der Waals surface area contributed by atoms with Crippen LogP contribution in [0.15, 0.2) is 36.4 Å². The number of pyridine rings is 1. The third kappa shape index (κ3) is 1.94. The largest absolute Gasteiger partial charge is 0.253 e. The molecule has 0 aliphatic heterocycles. The van der Waals surface area contributed by atoms with Crippen LogP contribution in [0.3, 0.4) is 0 Å². The van der Waals surface area contributed by atoms with Gasteiger partial charge >= 0.3 is 0 Å². The van der Waals surface area contributed by atoms with E-state index in [0.717, 1.165) is 27.5 Å². The van der Waals surface area contributed by atoms with Gasteiger partial charge in [0.25, 0.3) is 0 Å². The quantitative estimate of drug-likeness (QED) is 0.643. The van der Waals surface area contributed by atoms with E-state index >= 15 is 0 Å². The Morgan fingerprint density at radius 1 is 1.00 bits per heavy atom. The number of aromatic nitrogens is 2. The third-order valence-corrected chi connectivity index (χ3v) is 3.63. The smallest absolute Gasteiger partial charge is 0.0907 e. The molecule has 0 N–H and O–H groups in total. The van der Waals surface area contributed by atoms with E-state index in [1.54, 1.807) is 11.3 Å². The second kappa shape index (κ2) is 3.93. The molecule has 2 heterocycles. The van der Waals surface area contributed by atoms with Crippen molar-refractivity contribution < 1.29 is 0 Å². The molecule has 0 saturated carbocycles. The molecule has 0 unspecified atom stereocenters. The minimum absolute atomic E-state index is 1.01. The molecular formula is C14H12N2S. The molecule has 0 amide bonds. The lowest BCUT2D eigenvalue weighted by atomic mass is 10.1. The van der Waals surface area contributed by atoms with Crippen molar-refractivity contribution in [3.63, 3.8) is 0 Å². The summed E-state index contributed by atoms with van der Waals surface area (Å²) < 4.78 is 1.24. The average molecular weight is 240 g/mol. The summed E-state index contributed by atoms with van der Waals surface area (Å²) in [6.45, 7) is 4.05. The number of rotatable bonds is 1. The number of hydrogen-bond donors (Lipinski definition) is 0. The van der Waals surface area contributed by atoms with Gasteiger partial charge in [-0.15, -0.1) is 11.3 Å². The maximum Gasteiger partial charge on any atom is 0.0907 e.